The van der Waals surface area contributed by atoms with E-state index in [-0.39, 0.29) is 18.6 Å². The standard InChI is InChI=1S/C21H24N2O4/c1-4-25-19-11-8-17(12-20(19)26-5-2)15(3)23-21(24)14-27-18-9-6-16(13-22)7-10-18/h6-12,15H,4-5,14H2,1-3H3,(H,23,24)/t15-/m1/s1. The molecular weight excluding hydrogens is 344 g/mol. The van der Waals surface area contributed by atoms with Crippen LogP contribution < -0.4 is 19.5 Å². The molecule has 1 atom stereocenters. The van der Waals surface area contributed by atoms with Gasteiger partial charge in [-0.3, -0.25) is 4.79 Å². The van der Waals surface area contributed by atoms with Crippen molar-refractivity contribution in [2.24, 2.45) is 0 Å². The Morgan fingerprint density at radius 2 is 1.70 bits per heavy atom. The second-order valence-electron chi connectivity index (χ2n) is 5.79. The van der Waals surface area contributed by atoms with Gasteiger partial charge in [-0.2, -0.15) is 5.26 Å². The van der Waals surface area contributed by atoms with Crippen LogP contribution in [0.15, 0.2) is 42.5 Å². The van der Waals surface area contributed by atoms with Crippen molar-refractivity contribution < 1.29 is 19.0 Å². The van der Waals surface area contributed by atoms with Crippen molar-refractivity contribution in [2.75, 3.05) is 19.8 Å². The number of carbonyl (C=O) groups is 1. The third kappa shape index (κ3) is 5.93. The molecule has 0 aliphatic carbocycles. The van der Waals surface area contributed by atoms with E-state index in [9.17, 15) is 4.79 Å². The van der Waals surface area contributed by atoms with E-state index in [1.807, 2.05) is 45.0 Å². The monoisotopic (exact) mass is 368 g/mol. The fraction of sp³-hybridized carbons (Fsp3) is 0.333. The van der Waals surface area contributed by atoms with E-state index in [0.717, 1.165) is 5.56 Å². The second-order valence-corrected chi connectivity index (χ2v) is 5.79. The zero-order chi connectivity index (χ0) is 19.6. The van der Waals surface area contributed by atoms with Gasteiger partial charge in [-0.1, -0.05) is 6.07 Å². The molecule has 2 aromatic carbocycles. The number of hydrogen-bond donors (Lipinski definition) is 1. The maximum Gasteiger partial charge on any atom is 0.258 e. The molecule has 1 amide bonds. The van der Waals surface area contributed by atoms with Gasteiger partial charge >= 0.3 is 0 Å². The van der Waals surface area contributed by atoms with E-state index in [1.165, 1.54) is 0 Å². The minimum absolute atomic E-state index is 0.106. The van der Waals surface area contributed by atoms with Gasteiger partial charge < -0.3 is 19.5 Å². The molecule has 0 fully saturated rings. The topological polar surface area (TPSA) is 80.6 Å². The van der Waals surface area contributed by atoms with E-state index in [0.29, 0.717) is 36.0 Å². The van der Waals surface area contributed by atoms with Gasteiger partial charge in [0.15, 0.2) is 18.1 Å². The molecular formula is C21H24N2O4. The molecule has 2 aromatic rings. The number of nitrogens with zero attached hydrogens (tertiary/aromatic N) is 1. The Morgan fingerprint density at radius 3 is 2.33 bits per heavy atom. The number of nitrogens with one attached hydrogen (secondary N) is 1. The summed E-state index contributed by atoms with van der Waals surface area (Å²) in [6.45, 7) is 6.70. The number of ether oxygens (including phenoxy) is 3. The fourth-order valence-corrected chi connectivity index (χ4v) is 2.48. The van der Waals surface area contributed by atoms with Crippen LogP contribution in [0.5, 0.6) is 17.2 Å². The van der Waals surface area contributed by atoms with Crippen molar-refractivity contribution >= 4 is 5.91 Å². The van der Waals surface area contributed by atoms with Crippen LogP contribution in [0.3, 0.4) is 0 Å². The SMILES string of the molecule is CCOc1ccc([C@@H](C)NC(=O)COc2ccc(C#N)cc2)cc1OCC. The molecule has 0 saturated heterocycles. The fourth-order valence-electron chi connectivity index (χ4n) is 2.48. The minimum Gasteiger partial charge on any atom is -0.490 e. The molecule has 6 heteroatoms. The van der Waals surface area contributed by atoms with Crippen LogP contribution in [0.4, 0.5) is 0 Å². The van der Waals surface area contributed by atoms with Crippen LogP contribution in [-0.4, -0.2) is 25.7 Å². The maximum absolute atomic E-state index is 12.2. The molecule has 0 aliphatic heterocycles. The third-order valence-electron chi connectivity index (χ3n) is 3.80. The van der Waals surface area contributed by atoms with Crippen molar-refractivity contribution in [3.8, 4) is 23.3 Å². The average Bonchev–Trinajstić information content (AvgIpc) is 2.68. The number of hydrogen-bond acceptors (Lipinski definition) is 5. The normalized spacial score (nSPS) is 11.2. The van der Waals surface area contributed by atoms with Gasteiger partial charge in [0.1, 0.15) is 5.75 Å². The van der Waals surface area contributed by atoms with Gasteiger partial charge in [-0.05, 0) is 62.7 Å². The Morgan fingerprint density at radius 1 is 1.04 bits per heavy atom. The Bertz CT molecular complexity index is 797. The summed E-state index contributed by atoms with van der Waals surface area (Å²) in [5, 5.41) is 11.7. The van der Waals surface area contributed by atoms with Crippen LogP contribution in [0.2, 0.25) is 0 Å². The van der Waals surface area contributed by atoms with Gasteiger partial charge in [-0.15, -0.1) is 0 Å². The Balaban J connectivity index is 1.94. The van der Waals surface area contributed by atoms with E-state index in [2.05, 4.69) is 5.32 Å². The summed E-state index contributed by atoms with van der Waals surface area (Å²) in [7, 11) is 0. The highest BCUT2D eigenvalue weighted by Gasteiger charge is 2.13. The van der Waals surface area contributed by atoms with Crippen LogP contribution >= 0.6 is 0 Å². The smallest absolute Gasteiger partial charge is 0.258 e. The van der Waals surface area contributed by atoms with E-state index in [1.54, 1.807) is 24.3 Å². The highest BCUT2D eigenvalue weighted by molar-refractivity contribution is 5.78. The molecule has 0 radical (unpaired) electrons. The molecule has 0 heterocycles. The molecule has 0 spiro atoms. The lowest BCUT2D eigenvalue weighted by Gasteiger charge is -2.17. The Labute approximate surface area is 159 Å². The summed E-state index contributed by atoms with van der Waals surface area (Å²) in [6, 6.07) is 14.1. The molecule has 27 heavy (non-hydrogen) atoms. The second kappa shape index (κ2) is 10.1. The van der Waals surface area contributed by atoms with Gasteiger partial charge in [0, 0.05) is 0 Å². The summed E-state index contributed by atoms with van der Waals surface area (Å²) in [6.07, 6.45) is 0. The van der Waals surface area contributed by atoms with Gasteiger partial charge in [0.05, 0.1) is 30.9 Å². The van der Waals surface area contributed by atoms with Gasteiger partial charge in [-0.25, -0.2) is 0 Å². The molecule has 0 bridgehead atoms. The summed E-state index contributed by atoms with van der Waals surface area (Å²) in [5.74, 6) is 1.65. The van der Waals surface area contributed by atoms with E-state index in [4.69, 9.17) is 19.5 Å². The van der Waals surface area contributed by atoms with Crippen LogP contribution in [0.1, 0.15) is 37.9 Å². The highest BCUT2D eigenvalue weighted by Crippen LogP contribution is 2.30. The zero-order valence-corrected chi connectivity index (χ0v) is 15.8. The Hall–Kier alpha value is -3.20. The lowest BCUT2D eigenvalue weighted by Crippen LogP contribution is -2.31. The first-order chi connectivity index (χ1) is 13.1. The van der Waals surface area contributed by atoms with Crippen molar-refractivity contribution in [1.29, 1.82) is 5.26 Å². The quantitative estimate of drug-likeness (QED) is 0.731. The molecule has 6 nitrogen and oxygen atoms in total. The summed E-state index contributed by atoms with van der Waals surface area (Å²) in [5.41, 5.74) is 1.45. The zero-order valence-electron chi connectivity index (χ0n) is 15.8. The predicted molar refractivity (Wildman–Crippen MR) is 102 cm³/mol. The summed E-state index contributed by atoms with van der Waals surface area (Å²) < 4.78 is 16.6. The first-order valence-electron chi connectivity index (χ1n) is 8.89. The molecule has 0 aromatic heterocycles. The number of carbonyl (C=O) groups excluding carboxylic acids is 1. The summed E-state index contributed by atoms with van der Waals surface area (Å²) >= 11 is 0. The van der Waals surface area contributed by atoms with Crippen LogP contribution in [0.25, 0.3) is 0 Å². The van der Waals surface area contributed by atoms with Gasteiger partial charge in [0.25, 0.3) is 5.91 Å². The molecule has 0 aliphatic rings. The lowest BCUT2D eigenvalue weighted by atomic mass is 10.1. The van der Waals surface area contributed by atoms with Crippen LogP contribution in [0, 0.1) is 11.3 Å². The predicted octanol–water partition coefficient (Wildman–Crippen LogP) is 3.61. The molecule has 1 N–H and O–H groups in total. The first-order valence-corrected chi connectivity index (χ1v) is 8.89. The van der Waals surface area contributed by atoms with Crippen molar-refractivity contribution in [1.82, 2.24) is 5.32 Å². The molecule has 0 saturated carbocycles. The van der Waals surface area contributed by atoms with Crippen molar-refractivity contribution in [3.05, 3.63) is 53.6 Å². The first kappa shape index (κ1) is 20.1. The number of rotatable bonds is 9. The molecule has 0 unspecified atom stereocenters. The van der Waals surface area contributed by atoms with Crippen molar-refractivity contribution in [3.63, 3.8) is 0 Å². The summed E-state index contributed by atoms with van der Waals surface area (Å²) in [4.78, 5) is 12.2. The minimum atomic E-state index is -0.237. The largest absolute Gasteiger partial charge is 0.490 e. The maximum atomic E-state index is 12.2. The number of nitriles is 1. The van der Waals surface area contributed by atoms with E-state index < -0.39 is 0 Å². The Kier molecular flexibility index (Phi) is 7.50. The van der Waals surface area contributed by atoms with Gasteiger partial charge in [0.2, 0.25) is 0 Å². The number of amides is 1. The van der Waals surface area contributed by atoms with Crippen LogP contribution in [-0.2, 0) is 4.79 Å². The average molecular weight is 368 g/mol. The van der Waals surface area contributed by atoms with Crippen molar-refractivity contribution in [2.45, 2.75) is 26.8 Å². The van der Waals surface area contributed by atoms with E-state index >= 15 is 0 Å². The third-order valence-corrected chi connectivity index (χ3v) is 3.80. The molecule has 142 valence electrons. The molecule has 2 rings (SSSR count). The number of benzene rings is 2. The lowest BCUT2D eigenvalue weighted by molar-refractivity contribution is -0.123. The highest BCUT2D eigenvalue weighted by atomic mass is 16.5.